The van der Waals surface area contributed by atoms with Crippen molar-refractivity contribution in [3.63, 3.8) is 0 Å². The van der Waals surface area contributed by atoms with Gasteiger partial charge in [0.25, 0.3) is 5.91 Å². The molecule has 1 saturated carbocycles. The lowest BCUT2D eigenvalue weighted by molar-refractivity contribution is 0.102. The highest BCUT2D eigenvalue weighted by Crippen LogP contribution is 2.23. The van der Waals surface area contributed by atoms with Crippen LogP contribution in [-0.4, -0.2) is 60.3 Å². The van der Waals surface area contributed by atoms with E-state index < -0.39 is 0 Å². The van der Waals surface area contributed by atoms with Crippen LogP contribution in [0.15, 0.2) is 36.4 Å². The van der Waals surface area contributed by atoms with Gasteiger partial charge in [0.15, 0.2) is 5.69 Å². The quantitative estimate of drug-likeness (QED) is 0.858. The number of likely N-dealkylation sites (N-methyl/N-ethyl adjacent to an activating group) is 1. The lowest BCUT2D eigenvalue weighted by Gasteiger charge is -2.34. The zero-order chi connectivity index (χ0) is 17.9. The predicted molar refractivity (Wildman–Crippen MR) is 103 cm³/mol. The van der Waals surface area contributed by atoms with Crippen LogP contribution in [-0.2, 0) is 0 Å². The molecule has 1 amide bonds. The van der Waals surface area contributed by atoms with Crippen LogP contribution >= 0.6 is 0 Å². The van der Waals surface area contributed by atoms with Gasteiger partial charge in [-0.2, -0.15) is 0 Å². The molecule has 1 aromatic carbocycles. The van der Waals surface area contributed by atoms with Gasteiger partial charge in [0, 0.05) is 43.6 Å². The molecule has 2 aliphatic rings. The third kappa shape index (κ3) is 4.11. The maximum atomic E-state index is 12.3. The molecule has 0 bridgehead atoms. The normalized spacial score (nSPS) is 17.8. The molecule has 0 spiro atoms. The minimum absolute atomic E-state index is 0.247. The number of benzene rings is 1. The number of piperazine rings is 1. The summed E-state index contributed by atoms with van der Waals surface area (Å²) in [6.07, 6.45) is 2.35. The largest absolute Gasteiger partial charge is 0.369 e. The average molecular weight is 352 g/mol. The van der Waals surface area contributed by atoms with E-state index in [9.17, 15) is 4.79 Å². The Morgan fingerprint density at radius 2 is 1.73 bits per heavy atom. The Hall–Kier alpha value is -2.67. The molecule has 2 fully saturated rings. The van der Waals surface area contributed by atoms with Crippen molar-refractivity contribution in [2.45, 2.75) is 18.9 Å². The highest BCUT2D eigenvalue weighted by atomic mass is 16.1. The summed E-state index contributed by atoms with van der Waals surface area (Å²) >= 11 is 0. The number of hydrogen-bond donors (Lipinski definition) is 2. The Morgan fingerprint density at radius 3 is 2.35 bits per heavy atom. The fourth-order valence-electron chi connectivity index (χ4n) is 2.98. The van der Waals surface area contributed by atoms with E-state index in [1.54, 1.807) is 12.1 Å². The monoisotopic (exact) mass is 352 g/mol. The van der Waals surface area contributed by atoms with Crippen molar-refractivity contribution in [2.24, 2.45) is 0 Å². The van der Waals surface area contributed by atoms with Gasteiger partial charge in [-0.15, -0.1) is 10.2 Å². The van der Waals surface area contributed by atoms with Crippen molar-refractivity contribution in [3.8, 4) is 0 Å². The number of carbonyl (C=O) groups is 1. The molecular weight excluding hydrogens is 328 g/mol. The van der Waals surface area contributed by atoms with E-state index in [-0.39, 0.29) is 5.91 Å². The number of amides is 1. The molecule has 2 N–H and O–H groups in total. The second-order valence-corrected chi connectivity index (χ2v) is 7.01. The van der Waals surface area contributed by atoms with Gasteiger partial charge in [-0.3, -0.25) is 4.79 Å². The summed E-state index contributed by atoms with van der Waals surface area (Å²) in [4.78, 5) is 17.0. The van der Waals surface area contributed by atoms with Gasteiger partial charge in [0.2, 0.25) is 0 Å². The molecule has 2 heterocycles. The van der Waals surface area contributed by atoms with E-state index in [2.05, 4.69) is 49.8 Å². The first-order valence-corrected chi connectivity index (χ1v) is 9.12. The Balaban J connectivity index is 1.35. The maximum absolute atomic E-state index is 12.3. The van der Waals surface area contributed by atoms with E-state index in [1.165, 1.54) is 18.5 Å². The van der Waals surface area contributed by atoms with Gasteiger partial charge < -0.3 is 20.4 Å². The first-order chi connectivity index (χ1) is 12.7. The maximum Gasteiger partial charge on any atom is 0.276 e. The summed E-state index contributed by atoms with van der Waals surface area (Å²) in [5.74, 6) is 0.475. The number of nitrogens with zero attached hydrogens (tertiary/aromatic N) is 4. The number of carbonyl (C=O) groups excluding carboxylic acids is 1. The molecular formula is C19H24N6O. The summed E-state index contributed by atoms with van der Waals surface area (Å²) in [6, 6.07) is 12.0. The van der Waals surface area contributed by atoms with Gasteiger partial charge in [0.05, 0.1) is 0 Å². The van der Waals surface area contributed by atoms with E-state index in [1.807, 2.05) is 12.1 Å². The first kappa shape index (κ1) is 16.8. The molecule has 2 aromatic rings. The third-order valence-electron chi connectivity index (χ3n) is 4.82. The van der Waals surface area contributed by atoms with Crippen LogP contribution in [0.5, 0.6) is 0 Å². The fourth-order valence-corrected chi connectivity index (χ4v) is 2.98. The molecule has 0 atom stereocenters. The minimum Gasteiger partial charge on any atom is -0.369 e. The van der Waals surface area contributed by atoms with Crippen LogP contribution in [0.25, 0.3) is 0 Å². The zero-order valence-electron chi connectivity index (χ0n) is 15.0. The summed E-state index contributed by atoms with van der Waals surface area (Å²) in [6.45, 7) is 4.20. The lowest BCUT2D eigenvalue weighted by atomic mass is 10.2. The Labute approximate surface area is 153 Å². The Bertz CT molecular complexity index is 749. The molecule has 0 unspecified atom stereocenters. The van der Waals surface area contributed by atoms with Crippen LogP contribution in [0.1, 0.15) is 23.3 Å². The van der Waals surface area contributed by atoms with Crippen LogP contribution in [0.4, 0.5) is 17.2 Å². The SMILES string of the molecule is CN1CCN(c2ccc(NC(=O)c3ccc(NC4CC4)nn3)cc2)CC1. The van der Waals surface area contributed by atoms with E-state index in [0.29, 0.717) is 11.7 Å². The van der Waals surface area contributed by atoms with Crippen molar-refractivity contribution >= 4 is 23.1 Å². The fraction of sp³-hybridized carbons (Fsp3) is 0.421. The third-order valence-corrected chi connectivity index (χ3v) is 4.82. The van der Waals surface area contributed by atoms with Crippen molar-refractivity contribution in [3.05, 3.63) is 42.1 Å². The van der Waals surface area contributed by atoms with Crippen molar-refractivity contribution in [2.75, 3.05) is 48.8 Å². The van der Waals surface area contributed by atoms with Gasteiger partial charge in [-0.25, -0.2) is 0 Å². The molecule has 7 heteroatoms. The molecule has 4 rings (SSSR count). The Kier molecular flexibility index (Phi) is 4.71. The highest BCUT2D eigenvalue weighted by molar-refractivity contribution is 6.02. The topological polar surface area (TPSA) is 73.4 Å². The average Bonchev–Trinajstić information content (AvgIpc) is 3.48. The number of anilines is 3. The molecule has 26 heavy (non-hydrogen) atoms. The number of aromatic nitrogens is 2. The summed E-state index contributed by atoms with van der Waals surface area (Å²) in [5, 5.41) is 14.2. The molecule has 1 aromatic heterocycles. The van der Waals surface area contributed by atoms with Gasteiger partial charge >= 0.3 is 0 Å². The van der Waals surface area contributed by atoms with Crippen LogP contribution < -0.4 is 15.5 Å². The zero-order valence-corrected chi connectivity index (χ0v) is 15.0. The number of hydrogen-bond acceptors (Lipinski definition) is 6. The second kappa shape index (κ2) is 7.29. The number of nitrogens with one attached hydrogen (secondary N) is 2. The summed E-state index contributed by atoms with van der Waals surface area (Å²) < 4.78 is 0. The standard InChI is InChI=1S/C19H24N6O/c1-24-10-12-25(13-11-24)16-6-4-15(5-7-16)21-19(26)17-8-9-18(23-22-17)20-14-2-3-14/h4-9,14H,2-3,10-13H2,1H3,(H,20,23)(H,21,26). The van der Waals surface area contributed by atoms with Crippen LogP contribution in [0.2, 0.25) is 0 Å². The summed E-state index contributed by atoms with van der Waals surface area (Å²) in [7, 11) is 2.15. The van der Waals surface area contributed by atoms with E-state index >= 15 is 0 Å². The molecule has 0 radical (unpaired) electrons. The lowest BCUT2D eigenvalue weighted by Crippen LogP contribution is -2.44. The van der Waals surface area contributed by atoms with Gasteiger partial charge in [-0.05, 0) is 56.3 Å². The number of rotatable bonds is 5. The van der Waals surface area contributed by atoms with Crippen molar-refractivity contribution in [1.82, 2.24) is 15.1 Å². The van der Waals surface area contributed by atoms with E-state index in [4.69, 9.17) is 0 Å². The molecule has 7 nitrogen and oxygen atoms in total. The molecule has 1 aliphatic carbocycles. The van der Waals surface area contributed by atoms with Gasteiger partial charge in [-0.1, -0.05) is 0 Å². The molecule has 1 aliphatic heterocycles. The van der Waals surface area contributed by atoms with Crippen LogP contribution in [0, 0.1) is 0 Å². The van der Waals surface area contributed by atoms with Crippen molar-refractivity contribution in [1.29, 1.82) is 0 Å². The van der Waals surface area contributed by atoms with Crippen LogP contribution in [0.3, 0.4) is 0 Å². The first-order valence-electron chi connectivity index (χ1n) is 9.12. The highest BCUT2D eigenvalue weighted by Gasteiger charge is 2.21. The molecule has 1 saturated heterocycles. The minimum atomic E-state index is -0.247. The van der Waals surface area contributed by atoms with E-state index in [0.717, 1.165) is 37.7 Å². The smallest absolute Gasteiger partial charge is 0.276 e. The van der Waals surface area contributed by atoms with Gasteiger partial charge in [0.1, 0.15) is 5.82 Å². The Morgan fingerprint density at radius 1 is 1.00 bits per heavy atom. The molecule has 136 valence electrons. The second-order valence-electron chi connectivity index (χ2n) is 7.01. The summed E-state index contributed by atoms with van der Waals surface area (Å²) in [5.41, 5.74) is 2.26. The van der Waals surface area contributed by atoms with Crippen molar-refractivity contribution < 1.29 is 4.79 Å². The predicted octanol–water partition coefficient (Wildman–Crippen LogP) is 2.05.